The summed E-state index contributed by atoms with van der Waals surface area (Å²) in [6, 6.07) is 7.47. The van der Waals surface area contributed by atoms with Gasteiger partial charge in [0.1, 0.15) is 0 Å². The van der Waals surface area contributed by atoms with Crippen LogP contribution in [0.15, 0.2) is 28.7 Å². The second kappa shape index (κ2) is 5.53. The number of fused-ring (bicyclic) bond motifs is 2. The second-order valence-corrected chi connectivity index (χ2v) is 6.86. The smallest absolute Gasteiger partial charge is 0.333 e. The van der Waals surface area contributed by atoms with E-state index in [-0.39, 0.29) is 37.0 Å². The zero-order chi connectivity index (χ0) is 16.1. The highest BCUT2D eigenvalue weighted by atomic mass is 79.9. The van der Waals surface area contributed by atoms with Gasteiger partial charge in [-0.2, -0.15) is 13.2 Å². The second-order valence-electron chi connectivity index (χ2n) is 5.95. The van der Waals surface area contributed by atoms with Gasteiger partial charge in [-0.1, -0.05) is 28.1 Å². The van der Waals surface area contributed by atoms with E-state index in [1.807, 2.05) is 24.3 Å². The van der Waals surface area contributed by atoms with E-state index in [0.29, 0.717) is 0 Å². The molecule has 2 bridgehead atoms. The van der Waals surface area contributed by atoms with Gasteiger partial charge in [0.05, 0.1) is 18.6 Å². The van der Waals surface area contributed by atoms with Gasteiger partial charge in [0.2, 0.25) is 5.91 Å². The third-order valence-corrected chi connectivity index (χ3v) is 4.98. The molecule has 120 valence electrons. The first-order valence-electron chi connectivity index (χ1n) is 7.10. The molecule has 1 amide bonds. The molecule has 2 fully saturated rings. The number of benzene rings is 1. The van der Waals surface area contributed by atoms with Gasteiger partial charge >= 0.3 is 6.18 Å². The Hall–Kier alpha value is -1.08. The molecule has 2 unspecified atom stereocenters. The number of amides is 1. The number of alkyl halides is 3. The van der Waals surface area contributed by atoms with E-state index in [9.17, 15) is 18.0 Å². The van der Waals surface area contributed by atoms with Crippen molar-refractivity contribution in [3.8, 4) is 0 Å². The number of carbonyl (C=O) groups excluding carboxylic acids is 1. The predicted molar refractivity (Wildman–Crippen MR) is 79.5 cm³/mol. The number of nitrogens with zero attached hydrogens (tertiary/aromatic N) is 2. The molecule has 2 saturated heterocycles. The number of piperazine rings is 1. The number of hydrogen-bond donors (Lipinski definition) is 0. The van der Waals surface area contributed by atoms with Crippen molar-refractivity contribution in [2.75, 3.05) is 19.6 Å². The maximum absolute atomic E-state index is 12.6. The Labute approximate surface area is 135 Å². The van der Waals surface area contributed by atoms with E-state index < -0.39 is 12.7 Å². The van der Waals surface area contributed by atoms with E-state index in [2.05, 4.69) is 15.9 Å². The summed E-state index contributed by atoms with van der Waals surface area (Å²) in [4.78, 5) is 14.9. The predicted octanol–water partition coefficient (Wildman–Crippen LogP) is 3.01. The third kappa shape index (κ3) is 2.88. The molecule has 1 aromatic rings. The summed E-state index contributed by atoms with van der Waals surface area (Å²) < 4.78 is 38.7. The lowest BCUT2D eigenvalue weighted by Gasteiger charge is -2.61. The minimum absolute atomic E-state index is 0.0602. The molecule has 1 aromatic carbocycles. The van der Waals surface area contributed by atoms with Gasteiger partial charge in [-0.05, 0) is 17.7 Å². The van der Waals surface area contributed by atoms with Crippen LogP contribution < -0.4 is 0 Å². The lowest BCUT2D eigenvalue weighted by molar-refractivity contribution is -0.178. The number of rotatable bonds is 2. The average Bonchev–Trinajstić information content (AvgIpc) is 2.38. The van der Waals surface area contributed by atoms with Crippen LogP contribution in [0.1, 0.15) is 18.4 Å². The summed E-state index contributed by atoms with van der Waals surface area (Å²) in [6.45, 7) is 1.13. The minimum atomic E-state index is -4.20. The van der Waals surface area contributed by atoms with Crippen molar-refractivity contribution in [3.63, 3.8) is 0 Å². The fourth-order valence-corrected chi connectivity index (χ4v) is 4.00. The molecule has 2 aliphatic heterocycles. The summed E-state index contributed by atoms with van der Waals surface area (Å²) in [5.74, 6) is 0.0662. The van der Waals surface area contributed by atoms with Crippen LogP contribution in [0.25, 0.3) is 0 Å². The summed E-state index contributed by atoms with van der Waals surface area (Å²) >= 11 is 3.38. The highest BCUT2D eigenvalue weighted by Crippen LogP contribution is 2.45. The molecular weight excluding hydrogens is 361 g/mol. The fourth-order valence-electron chi connectivity index (χ4n) is 3.73. The zero-order valence-electron chi connectivity index (χ0n) is 12.0. The Balaban J connectivity index is 1.78. The quantitative estimate of drug-likeness (QED) is 0.791. The number of likely N-dealkylation sites (tertiary alicyclic amines) is 1. The van der Waals surface area contributed by atoms with Gasteiger partial charge < -0.3 is 4.90 Å². The summed E-state index contributed by atoms with van der Waals surface area (Å²) in [5.41, 5.74) is 1.09. The topological polar surface area (TPSA) is 23.6 Å². The third-order valence-electron chi connectivity index (χ3n) is 4.46. The van der Waals surface area contributed by atoms with Crippen LogP contribution in [0, 0.1) is 0 Å². The normalized spacial score (nSPS) is 28.4. The lowest BCUT2D eigenvalue weighted by atomic mass is 9.71. The molecule has 0 spiro atoms. The molecule has 3 rings (SSSR count). The summed E-state index contributed by atoms with van der Waals surface area (Å²) in [6.07, 6.45) is -4.20. The van der Waals surface area contributed by atoms with Crippen LogP contribution >= 0.6 is 15.9 Å². The first-order valence-corrected chi connectivity index (χ1v) is 7.89. The minimum Gasteiger partial charge on any atom is -0.333 e. The van der Waals surface area contributed by atoms with Gasteiger partial charge in [-0.15, -0.1) is 0 Å². The van der Waals surface area contributed by atoms with Crippen LogP contribution in [0.4, 0.5) is 13.2 Å². The molecule has 0 radical (unpaired) electrons. The van der Waals surface area contributed by atoms with Crippen molar-refractivity contribution >= 4 is 21.8 Å². The van der Waals surface area contributed by atoms with Gasteiger partial charge in [-0.25, -0.2) is 0 Å². The molecule has 0 N–H and O–H groups in total. The Bertz CT molecular complexity index is 561. The maximum atomic E-state index is 12.6. The number of halogens is 4. The van der Waals surface area contributed by atoms with Crippen LogP contribution in [0.2, 0.25) is 0 Å². The summed E-state index contributed by atoms with van der Waals surface area (Å²) in [7, 11) is 0. The van der Waals surface area contributed by atoms with E-state index in [1.54, 1.807) is 4.90 Å². The van der Waals surface area contributed by atoms with Gasteiger partial charge in [0.15, 0.2) is 0 Å². The van der Waals surface area contributed by atoms with E-state index in [4.69, 9.17) is 0 Å². The number of piperidine rings is 1. The lowest BCUT2D eigenvalue weighted by Crippen LogP contribution is -2.74. The molecule has 0 aliphatic carbocycles. The van der Waals surface area contributed by atoms with E-state index in [0.717, 1.165) is 10.0 Å². The van der Waals surface area contributed by atoms with Crippen LogP contribution in [-0.4, -0.2) is 53.6 Å². The summed E-state index contributed by atoms with van der Waals surface area (Å²) in [5, 5.41) is 0. The number of hydrogen-bond acceptors (Lipinski definition) is 2. The average molecular weight is 377 g/mol. The fraction of sp³-hybridized carbons (Fsp3) is 0.533. The van der Waals surface area contributed by atoms with Crippen LogP contribution in [0.5, 0.6) is 0 Å². The zero-order valence-corrected chi connectivity index (χ0v) is 13.6. The van der Waals surface area contributed by atoms with Crippen LogP contribution in [-0.2, 0) is 4.79 Å². The molecular formula is C15H16BrF3N2O. The molecule has 3 nitrogen and oxygen atoms in total. The molecule has 2 atom stereocenters. The maximum Gasteiger partial charge on any atom is 0.401 e. The molecule has 0 saturated carbocycles. The first-order chi connectivity index (χ1) is 10.3. The van der Waals surface area contributed by atoms with Crippen molar-refractivity contribution in [3.05, 3.63) is 34.3 Å². The van der Waals surface area contributed by atoms with Crippen molar-refractivity contribution in [2.45, 2.75) is 31.1 Å². The Morgan fingerprint density at radius 3 is 2.23 bits per heavy atom. The van der Waals surface area contributed by atoms with Crippen molar-refractivity contribution in [2.24, 2.45) is 0 Å². The molecule has 2 aliphatic rings. The van der Waals surface area contributed by atoms with E-state index >= 15 is 0 Å². The Kier molecular flexibility index (Phi) is 3.97. The first kappa shape index (κ1) is 15.8. The molecule has 0 aromatic heterocycles. The van der Waals surface area contributed by atoms with Crippen molar-refractivity contribution in [1.29, 1.82) is 0 Å². The highest BCUT2D eigenvalue weighted by molar-refractivity contribution is 9.10. The van der Waals surface area contributed by atoms with Crippen molar-refractivity contribution in [1.82, 2.24) is 9.80 Å². The van der Waals surface area contributed by atoms with Crippen molar-refractivity contribution < 1.29 is 18.0 Å². The number of carbonyl (C=O) groups is 1. The van der Waals surface area contributed by atoms with Crippen LogP contribution in [0.3, 0.4) is 0 Å². The monoisotopic (exact) mass is 376 g/mol. The van der Waals surface area contributed by atoms with Gasteiger partial charge in [0.25, 0.3) is 0 Å². The molecule has 2 heterocycles. The van der Waals surface area contributed by atoms with Gasteiger partial charge in [-0.3, -0.25) is 9.69 Å². The standard InChI is InChI=1S/C15H16BrF3N2O/c1-9(22)21-12-6-20(8-15(17,18)19)7-13(21)14(12)10-2-4-11(16)5-3-10/h2-5,12-14H,6-8H2,1H3. The van der Waals surface area contributed by atoms with Gasteiger partial charge in [0, 0.05) is 30.4 Å². The highest BCUT2D eigenvalue weighted by Gasteiger charge is 2.55. The molecule has 7 heteroatoms. The molecule has 22 heavy (non-hydrogen) atoms. The Morgan fingerprint density at radius 1 is 1.23 bits per heavy atom. The Morgan fingerprint density at radius 2 is 1.77 bits per heavy atom. The van der Waals surface area contributed by atoms with E-state index in [1.165, 1.54) is 11.8 Å². The largest absolute Gasteiger partial charge is 0.401 e. The SMILES string of the molecule is CC(=O)N1C2CN(CC(F)(F)F)CC1C2c1ccc(Br)cc1.